The molecule has 1 heterocycles. The molecule has 0 N–H and O–H groups in total. The third-order valence-electron chi connectivity index (χ3n) is 1.07. The smallest absolute Gasteiger partial charge is 0.321 e. The summed E-state index contributed by atoms with van der Waals surface area (Å²) in [7, 11) is -3.41. The summed E-state index contributed by atoms with van der Waals surface area (Å²) in [4.78, 5) is 3.39. The van der Waals surface area contributed by atoms with Crippen LogP contribution in [0.4, 0.5) is 3.89 Å². The minimum absolute atomic E-state index is 0.352. The molecule has 1 aromatic rings. The van der Waals surface area contributed by atoms with E-state index < -0.39 is 15.2 Å². The zero-order valence-electron chi connectivity index (χ0n) is 5.45. The van der Waals surface area contributed by atoms with Gasteiger partial charge >= 0.3 is 10.2 Å². The highest BCUT2D eigenvalue weighted by Crippen LogP contribution is 2.19. The van der Waals surface area contributed by atoms with E-state index in [4.69, 9.17) is 11.6 Å². The van der Waals surface area contributed by atoms with Crippen LogP contribution < -0.4 is 0 Å². The van der Waals surface area contributed by atoms with Crippen LogP contribution in [0.3, 0.4) is 0 Å². The molecular weight excluding hydrogens is 195 g/mol. The van der Waals surface area contributed by atoms with E-state index >= 15 is 0 Å². The number of hydrogen-bond donors (Lipinski definition) is 0. The molecule has 7 heteroatoms. The molecule has 0 radical (unpaired) electrons. The molecule has 0 saturated heterocycles. The highest BCUT2D eigenvalue weighted by atomic mass is 35.5. The molecule has 0 atom stereocenters. The predicted octanol–water partition coefficient (Wildman–Crippen LogP) is 0.732. The lowest BCUT2D eigenvalue weighted by molar-refractivity contribution is 0.541. The van der Waals surface area contributed by atoms with Crippen LogP contribution in [0.1, 0.15) is 0 Å². The second-order valence-corrected chi connectivity index (χ2v) is 3.51. The molecule has 0 aliphatic heterocycles. The summed E-state index contributed by atoms with van der Waals surface area (Å²) in [5.41, 5.74) is 0. The quantitative estimate of drug-likeness (QED) is 0.626. The van der Waals surface area contributed by atoms with Crippen molar-refractivity contribution >= 4 is 21.8 Å². The van der Waals surface area contributed by atoms with Crippen LogP contribution in [0.25, 0.3) is 0 Å². The van der Waals surface area contributed by atoms with Crippen molar-refractivity contribution < 1.29 is 12.3 Å². The lowest BCUT2D eigenvalue weighted by Gasteiger charge is -1.94. The van der Waals surface area contributed by atoms with Gasteiger partial charge in [0.05, 0.1) is 6.33 Å². The maximum absolute atomic E-state index is 12.3. The van der Waals surface area contributed by atoms with Gasteiger partial charge in [-0.2, -0.15) is 8.42 Å². The summed E-state index contributed by atoms with van der Waals surface area (Å²) in [6, 6.07) is 0. The van der Waals surface area contributed by atoms with Gasteiger partial charge in [-0.1, -0.05) is 15.5 Å². The largest absolute Gasteiger partial charge is 0.351 e. The predicted molar refractivity (Wildman–Crippen MR) is 36.5 cm³/mol. The van der Waals surface area contributed by atoms with Crippen molar-refractivity contribution in [2.75, 3.05) is 0 Å². The van der Waals surface area contributed by atoms with Crippen molar-refractivity contribution in [3.8, 4) is 0 Å². The Morgan fingerprint density at radius 1 is 1.73 bits per heavy atom. The van der Waals surface area contributed by atoms with Crippen LogP contribution in [-0.2, 0) is 17.3 Å². The second-order valence-electron chi connectivity index (χ2n) is 1.89. The molecule has 0 unspecified atom stereocenters. The van der Waals surface area contributed by atoms with Crippen LogP contribution in [0.5, 0.6) is 0 Å². The van der Waals surface area contributed by atoms with Gasteiger partial charge in [-0.05, 0) is 0 Å². The third kappa shape index (κ3) is 1.51. The monoisotopic (exact) mass is 198 g/mol. The number of aryl methyl sites for hydroxylation is 1. The van der Waals surface area contributed by atoms with Gasteiger partial charge in [0.2, 0.25) is 5.03 Å². The first-order valence-electron chi connectivity index (χ1n) is 2.54. The van der Waals surface area contributed by atoms with Gasteiger partial charge in [-0.25, -0.2) is 4.98 Å². The number of rotatable bonds is 1. The first-order valence-corrected chi connectivity index (χ1v) is 4.30. The standard InChI is InChI=1S/C4H4ClFN2O2S/c1-8-2-7-3(5)4(8)11(6,9)10/h2H,1H3. The van der Waals surface area contributed by atoms with Crippen molar-refractivity contribution in [2.24, 2.45) is 7.05 Å². The zero-order valence-corrected chi connectivity index (χ0v) is 7.02. The van der Waals surface area contributed by atoms with Gasteiger partial charge in [-0.3, -0.25) is 0 Å². The molecule has 0 fully saturated rings. The van der Waals surface area contributed by atoms with E-state index in [0.29, 0.717) is 0 Å². The molecule has 1 aromatic heterocycles. The minimum Gasteiger partial charge on any atom is -0.321 e. The summed E-state index contributed by atoms with van der Waals surface area (Å²) >= 11 is 5.28. The Labute approximate surface area is 67.8 Å². The fourth-order valence-electron chi connectivity index (χ4n) is 0.663. The van der Waals surface area contributed by atoms with Crippen molar-refractivity contribution in [3.63, 3.8) is 0 Å². The van der Waals surface area contributed by atoms with Crippen LogP contribution in [0.15, 0.2) is 11.4 Å². The molecule has 11 heavy (non-hydrogen) atoms. The average Bonchev–Trinajstić information content (AvgIpc) is 2.08. The molecular formula is C4H4ClFN2O2S. The van der Waals surface area contributed by atoms with Gasteiger partial charge in [0.25, 0.3) is 0 Å². The SMILES string of the molecule is Cn1cnc(Cl)c1S(=O)(=O)F. The fraction of sp³-hybridized carbons (Fsp3) is 0.250. The van der Waals surface area contributed by atoms with E-state index in [1.165, 1.54) is 7.05 Å². The Morgan fingerprint density at radius 2 is 2.27 bits per heavy atom. The van der Waals surface area contributed by atoms with Crippen LogP contribution in [-0.4, -0.2) is 18.0 Å². The van der Waals surface area contributed by atoms with E-state index in [2.05, 4.69) is 4.98 Å². The Balaban J connectivity index is 3.45. The van der Waals surface area contributed by atoms with Gasteiger partial charge in [-0.15, -0.1) is 0 Å². The van der Waals surface area contributed by atoms with E-state index in [1.807, 2.05) is 0 Å². The molecule has 0 bridgehead atoms. The van der Waals surface area contributed by atoms with Crippen molar-refractivity contribution in [3.05, 3.63) is 11.5 Å². The first kappa shape index (κ1) is 8.48. The summed E-state index contributed by atoms with van der Waals surface area (Å²) in [5.74, 6) is 0. The van der Waals surface area contributed by atoms with E-state index in [1.54, 1.807) is 0 Å². The van der Waals surface area contributed by atoms with Gasteiger partial charge < -0.3 is 4.57 Å². The molecule has 0 aliphatic carbocycles. The summed E-state index contributed by atoms with van der Waals surface area (Å²) in [6.45, 7) is 0. The first-order chi connectivity index (χ1) is 4.93. The van der Waals surface area contributed by atoms with Crippen molar-refractivity contribution in [1.29, 1.82) is 0 Å². The molecule has 4 nitrogen and oxygen atoms in total. The van der Waals surface area contributed by atoms with E-state index in [-0.39, 0.29) is 5.15 Å². The molecule has 0 aromatic carbocycles. The van der Waals surface area contributed by atoms with E-state index in [9.17, 15) is 12.3 Å². The van der Waals surface area contributed by atoms with Crippen molar-refractivity contribution in [1.82, 2.24) is 9.55 Å². The van der Waals surface area contributed by atoms with Gasteiger partial charge in [0, 0.05) is 7.05 Å². The van der Waals surface area contributed by atoms with Crippen LogP contribution in [0, 0.1) is 0 Å². The number of nitrogens with zero attached hydrogens (tertiary/aromatic N) is 2. The van der Waals surface area contributed by atoms with Crippen LogP contribution in [0.2, 0.25) is 5.15 Å². The third-order valence-corrected chi connectivity index (χ3v) is 2.40. The second kappa shape index (κ2) is 2.46. The number of hydrogen-bond acceptors (Lipinski definition) is 3. The Kier molecular flexibility index (Phi) is 1.89. The highest BCUT2D eigenvalue weighted by Gasteiger charge is 2.21. The maximum atomic E-state index is 12.3. The molecule has 0 amide bonds. The summed E-state index contributed by atoms with van der Waals surface area (Å²) in [5, 5.41) is -0.964. The van der Waals surface area contributed by atoms with E-state index in [0.717, 1.165) is 10.9 Å². The number of imidazole rings is 1. The number of aromatic nitrogens is 2. The Bertz CT molecular complexity index is 352. The fourth-order valence-corrected chi connectivity index (χ4v) is 1.76. The normalized spacial score (nSPS) is 11.9. The lowest BCUT2D eigenvalue weighted by Crippen LogP contribution is -2.00. The highest BCUT2D eigenvalue weighted by molar-refractivity contribution is 7.86. The number of halogens is 2. The van der Waals surface area contributed by atoms with Gasteiger partial charge in [0.15, 0.2) is 5.15 Å². The lowest BCUT2D eigenvalue weighted by atomic mass is 10.9. The average molecular weight is 199 g/mol. The van der Waals surface area contributed by atoms with Crippen molar-refractivity contribution in [2.45, 2.75) is 5.03 Å². The molecule has 1 rings (SSSR count). The maximum Gasteiger partial charge on any atom is 0.351 e. The van der Waals surface area contributed by atoms with Crippen LogP contribution >= 0.6 is 11.6 Å². The summed E-state index contributed by atoms with van der Waals surface area (Å²) < 4.78 is 33.9. The molecule has 62 valence electrons. The molecule has 0 spiro atoms. The molecule has 0 aliphatic rings. The van der Waals surface area contributed by atoms with Gasteiger partial charge in [0.1, 0.15) is 0 Å². The zero-order chi connectivity index (χ0) is 8.65. The Morgan fingerprint density at radius 3 is 2.45 bits per heavy atom. The topological polar surface area (TPSA) is 52.0 Å². The minimum atomic E-state index is -4.75. The summed E-state index contributed by atoms with van der Waals surface area (Å²) in [6.07, 6.45) is 1.12. The Hall–Kier alpha value is -0.620. The molecule has 0 saturated carbocycles.